The Bertz CT molecular complexity index is 288. The molecule has 0 aromatic heterocycles. The monoisotopic (exact) mass is 268 g/mol. The highest BCUT2D eigenvalue weighted by atomic mass is 16.3. The van der Waals surface area contributed by atoms with Gasteiger partial charge in [-0.1, -0.05) is 32.6 Å². The quantitative estimate of drug-likeness (QED) is 0.760. The van der Waals surface area contributed by atoms with E-state index in [-0.39, 0.29) is 18.6 Å². The van der Waals surface area contributed by atoms with Gasteiger partial charge in [-0.15, -0.1) is 0 Å². The Morgan fingerprint density at radius 3 is 2.53 bits per heavy atom. The molecule has 1 heterocycles. The Morgan fingerprint density at radius 1 is 1.21 bits per heavy atom. The van der Waals surface area contributed by atoms with Crippen molar-refractivity contribution in [1.82, 2.24) is 10.2 Å². The molecule has 1 amide bonds. The summed E-state index contributed by atoms with van der Waals surface area (Å²) in [6.45, 7) is 3.71. The number of aliphatic hydroxyl groups excluding tert-OH is 1. The molecule has 1 aliphatic heterocycles. The fourth-order valence-electron chi connectivity index (χ4n) is 3.46. The molecule has 1 saturated heterocycles. The number of carbonyl (C=O) groups is 1. The van der Waals surface area contributed by atoms with E-state index in [0.29, 0.717) is 18.5 Å². The summed E-state index contributed by atoms with van der Waals surface area (Å²) in [7, 11) is 0. The van der Waals surface area contributed by atoms with Gasteiger partial charge in [0.1, 0.15) is 0 Å². The average molecular weight is 268 g/mol. The van der Waals surface area contributed by atoms with Crippen molar-refractivity contribution in [3.63, 3.8) is 0 Å². The molecule has 0 aromatic carbocycles. The minimum Gasteiger partial charge on any atom is -0.395 e. The lowest BCUT2D eigenvalue weighted by atomic mass is 10.0. The summed E-state index contributed by atoms with van der Waals surface area (Å²) in [5, 5.41) is 12.6. The highest BCUT2D eigenvalue weighted by Crippen LogP contribution is 2.23. The van der Waals surface area contributed by atoms with E-state index < -0.39 is 0 Å². The zero-order valence-electron chi connectivity index (χ0n) is 12.1. The normalized spacial score (nSPS) is 30.2. The molecule has 2 aliphatic rings. The van der Waals surface area contributed by atoms with E-state index in [9.17, 15) is 9.90 Å². The summed E-state index contributed by atoms with van der Waals surface area (Å²) in [5.74, 6) is 0.634. The van der Waals surface area contributed by atoms with Gasteiger partial charge in [-0.3, -0.25) is 9.69 Å². The lowest BCUT2D eigenvalue weighted by Crippen LogP contribution is -2.45. The van der Waals surface area contributed by atoms with Gasteiger partial charge in [-0.2, -0.15) is 0 Å². The molecule has 2 atom stereocenters. The van der Waals surface area contributed by atoms with Crippen LogP contribution in [0.2, 0.25) is 0 Å². The molecule has 1 aliphatic carbocycles. The van der Waals surface area contributed by atoms with Gasteiger partial charge in [0.25, 0.3) is 0 Å². The van der Waals surface area contributed by atoms with Crippen LogP contribution in [0.4, 0.5) is 0 Å². The second-order valence-electron chi connectivity index (χ2n) is 6.24. The zero-order chi connectivity index (χ0) is 13.7. The molecule has 0 bridgehead atoms. The van der Waals surface area contributed by atoms with Gasteiger partial charge in [0.15, 0.2) is 0 Å². The first-order chi connectivity index (χ1) is 9.20. The number of likely N-dealkylation sites (tertiary alicyclic amines) is 1. The van der Waals surface area contributed by atoms with Crippen molar-refractivity contribution in [3.05, 3.63) is 0 Å². The third-order valence-electron chi connectivity index (χ3n) is 4.75. The third kappa shape index (κ3) is 4.18. The number of amides is 1. The number of carbonyl (C=O) groups excluding carboxylic acids is 1. The minimum absolute atomic E-state index is 0.138. The SMILES string of the molecule is CC1CCN(CC(=O)NC2CCCCCC2)C1CO. The molecule has 0 radical (unpaired) electrons. The average Bonchev–Trinajstić information content (AvgIpc) is 2.59. The Labute approximate surface area is 116 Å². The maximum Gasteiger partial charge on any atom is 0.234 e. The van der Waals surface area contributed by atoms with E-state index in [1.165, 1.54) is 25.7 Å². The maximum absolute atomic E-state index is 12.1. The van der Waals surface area contributed by atoms with Crippen molar-refractivity contribution in [2.24, 2.45) is 5.92 Å². The van der Waals surface area contributed by atoms with Crippen LogP contribution in [0.5, 0.6) is 0 Å². The summed E-state index contributed by atoms with van der Waals surface area (Å²) in [4.78, 5) is 14.2. The standard InChI is InChI=1S/C15H28N2O2/c1-12-8-9-17(14(12)11-18)10-15(19)16-13-6-4-2-3-5-7-13/h12-14,18H,2-11H2,1H3,(H,16,19). The van der Waals surface area contributed by atoms with Crippen LogP contribution in [0.1, 0.15) is 51.9 Å². The van der Waals surface area contributed by atoms with Crippen LogP contribution in [0, 0.1) is 5.92 Å². The molecule has 0 aromatic rings. The van der Waals surface area contributed by atoms with E-state index in [2.05, 4.69) is 17.1 Å². The van der Waals surface area contributed by atoms with Crippen LogP contribution in [0.25, 0.3) is 0 Å². The lowest BCUT2D eigenvalue weighted by molar-refractivity contribution is -0.123. The molecule has 2 unspecified atom stereocenters. The molecule has 1 saturated carbocycles. The minimum atomic E-state index is 0.138. The van der Waals surface area contributed by atoms with Gasteiger partial charge in [-0.05, 0) is 31.7 Å². The summed E-state index contributed by atoms with van der Waals surface area (Å²) in [6.07, 6.45) is 8.44. The molecule has 4 heteroatoms. The Hall–Kier alpha value is -0.610. The molecule has 2 rings (SSSR count). The predicted octanol–water partition coefficient (Wildman–Crippen LogP) is 1.53. The van der Waals surface area contributed by atoms with Crippen molar-refractivity contribution in [3.8, 4) is 0 Å². The molecule has 19 heavy (non-hydrogen) atoms. The van der Waals surface area contributed by atoms with Crippen LogP contribution in [-0.2, 0) is 4.79 Å². The number of nitrogens with zero attached hydrogens (tertiary/aromatic N) is 1. The van der Waals surface area contributed by atoms with Crippen LogP contribution in [0.15, 0.2) is 0 Å². The van der Waals surface area contributed by atoms with E-state index in [1.807, 2.05) is 0 Å². The van der Waals surface area contributed by atoms with Gasteiger partial charge in [0.05, 0.1) is 13.2 Å². The van der Waals surface area contributed by atoms with Crippen LogP contribution in [0.3, 0.4) is 0 Å². The van der Waals surface area contributed by atoms with Crippen molar-refractivity contribution in [2.75, 3.05) is 19.7 Å². The number of hydrogen-bond acceptors (Lipinski definition) is 3. The number of aliphatic hydroxyl groups is 1. The largest absolute Gasteiger partial charge is 0.395 e. The van der Waals surface area contributed by atoms with Crippen molar-refractivity contribution >= 4 is 5.91 Å². The van der Waals surface area contributed by atoms with E-state index >= 15 is 0 Å². The van der Waals surface area contributed by atoms with Gasteiger partial charge in [0.2, 0.25) is 5.91 Å². The molecule has 2 N–H and O–H groups in total. The highest BCUT2D eigenvalue weighted by Gasteiger charge is 2.31. The maximum atomic E-state index is 12.1. The van der Waals surface area contributed by atoms with Gasteiger partial charge >= 0.3 is 0 Å². The summed E-state index contributed by atoms with van der Waals surface area (Å²) in [6, 6.07) is 0.544. The second kappa shape index (κ2) is 7.25. The summed E-state index contributed by atoms with van der Waals surface area (Å²) >= 11 is 0. The van der Waals surface area contributed by atoms with E-state index in [0.717, 1.165) is 25.8 Å². The van der Waals surface area contributed by atoms with Gasteiger partial charge < -0.3 is 10.4 Å². The number of nitrogens with one attached hydrogen (secondary N) is 1. The van der Waals surface area contributed by atoms with Crippen LogP contribution < -0.4 is 5.32 Å². The lowest BCUT2D eigenvalue weighted by Gasteiger charge is -2.25. The van der Waals surface area contributed by atoms with Crippen LogP contribution >= 0.6 is 0 Å². The van der Waals surface area contributed by atoms with Gasteiger partial charge in [0, 0.05) is 12.1 Å². The molecule has 4 nitrogen and oxygen atoms in total. The Morgan fingerprint density at radius 2 is 1.89 bits per heavy atom. The molecular formula is C15H28N2O2. The predicted molar refractivity (Wildman–Crippen MR) is 75.9 cm³/mol. The topological polar surface area (TPSA) is 52.6 Å². The summed E-state index contributed by atoms with van der Waals surface area (Å²) < 4.78 is 0. The molecule has 0 spiro atoms. The molecular weight excluding hydrogens is 240 g/mol. The fourth-order valence-corrected chi connectivity index (χ4v) is 3.46. The van der Waals surface area contributed by atoms with E-state index in [4.69, 9.17) is 0 Å². The van der Waals surface area contributed by atoms with Gasteiger partial charge in [-0.25, -0.2) is 0 Å². The van der Waals surface area contributed by atoms with Crippen LogP contribution in [-0.4, -0.2) is 47.7 Å². The third-order valence-corrected chi connectivity index (χ3v) is 4.75. The number of rotatable bonds is 4. The highest BCUT2D eigenvalue weighted by molar-refractivity contribution is 5.78. The zero-order valence-corrected chi connectivity index (χ0v) is 12.1. The Balaban J connectivity index is 1.77. The van der Waals surface area contributed by atoms with Crippen molar-refractivity contribution in [2.45, 2.75) is 64.0 Å². The summed E-state index contributed by atoms with van der Waals surface area (Å²) in [5.41, 5.74) is 0. The van der Waals surface area contributed by atoms with Crippen molar-refractivity contribution < 1.29 is 9.90 Å². The molecule has 110 valence electrons. The smallest absolute Gasteiger partial charge is 0.234 e. The fraction of sp³-hybridized carbons (Fsp3) is 0.933. The first-order valence-electron chi connectivity index (χ1n) is 7.85. The first kappa shape index (κ1) is 14.8. The second-order valence-corrected chi connectivity index (χ2v) is 6.24. The molecule has 2 fully saturated rings. The van der Waals surface area contributed by atoms with Crippen molar-refractivity contribution in [1.29, 1.82) is 0 Å². The number of hydrogen-bond donors (Lipinski definition) is 2. The Kier molecular flexibility index (Phi) is 5.64. The van der Waals surface area contributed by atoms with E-state index in [1.54, 1.807) is 0 Å². The first-order valence-corrected chi connectivity index (χ1v) is 7.85.